The molecule has 18 heavy (non-hydrogen) atoms. The third kappa shape index (κ3) is 4.43. The van der Waals surface area contributed by atoms with Crippen LogP contribution in [0.3, 0.4) is 0 Å². The molecule has 0 fully saturated rings. The molecule has 0 amide bonds. The smallest absolute Gasteiger partial charge is 0.00433 e. The summed E-state index contributed by atoms with van der Waals surface area (Å²) in [5.41, 5.74) is 8.59. The van der Waals surface area contributed by atoms with Gasteiger partial charge < -0.3 is 11.1 Å². The van der Waals surface area contributed by atoms with Crippen molar-refractivity contribution in [2.45, 2.75) is 39.5 Å². The molecular formula is C16H28N2. The molecule has 0 saturated heterocycles. The molecular weight excluding hydrogens is 220 g/mol. The van der Waals surface area contributed by atoms with Crippen molar-refractivity contribution in [2.24, 2.45) is 11.7 Å². The summed E-state index contributed by atoms with van der Waals surface area (Å²) in [6, 6.07) is 8.99. The number of nitrogens with one attached hydrogen (secondary N) is 1. The van der Waals surface area contributed by atoms with E-state index in [1.807, 2.05) is 0 Å². The summed E-state index contributed by atoms with van der Waals surface area (Å²) >= 11 is 0. The van der Waals surface area contributed by atoms with E-state index < -0.39 is 0 Å². The minimum absolute atomic E-state index is 0.167. The zero-order chi connectivity index (χ0) is 13.6. The number of rotatable bonds is 7. The highest BCUT2D eigenvalue weighted by atomic mass is 14.9. The van der Waals surface area contributed by atoms with Gasteiger partial charge in [0.05, 0.1) is 0 Å². The monoisotopic (exact) mass is 248 g/mol. The largest absolute Gasteiger partial charge is 0.330 e. The molecule has 0 bridgehead atoms. The van der Waals surface area contributed by atoms with Gasteiger partial charge in [-0.3, -0.25) is 0 Å². The Morgan fingerprint density at radius 2 is 1.83 bits per heavy atom. The van der Waals surface area contributed by atoms with Gasteiger partial charge >= 0.3 is 0 Å². The Hall–Kier alpha value is -0.860. The van der Waals surface area contributed by atoms with E-state index in [-0.39, 0.29) is 5.41 Å². The second-order valence-electron chi connectivity index (χ2n) is 5.91. The highest BCUT2D eigenvalue weighted by Gasteiger charge is 2.20. The van der Waals surface area contributed by atoms with Crippen molar-refractivity contribution in [1.29, 1.82) is 0 Å². The summed E-state index contributed by atoms with van der Waals surface area (Å²) in [6.07, 6.45) is 1.10. The average Bonchev–Trinajstić information content (AvgIpc) is 2.38. The predicted octanol–water partition coefficient (Wildman–Crippen LogP) is 2.71. The maximum Gasteiger partial charge on any atom is 0.00433 e. The molecule has 1 aromatic rings. The highest BCUT2D eigenvalue weighted by molar-refractivity contribution is 5.28. The van der Waals surface area contributed by atoms with E-state index in [9.17, 15) is 0 Å². The van der Waals surface area contributed by atoms with Crippen LogP contribution in [-0.4, -0.2) is 19.6 Å². The average molecular weight is 248 g/mol. The summed E-state index contributed by atoms with van der Waals surface area (Å²) < 4.78 is 0. The molecule has 2 nitrogen and oxygen atoms in total. The molecule has 0 radical (unpaired) electrons. The first-order valence-electron chi connectivity index (χ1n) is 6.99. The van der Waals surface area contributed by atoms with E-state index in [0.717, 1.165) is 26.1 Å². The predicted molar refractivity (Wildman–Crippen MR) is 79.9 cm³/mol. The molecule has 0 aliphatic rings. The van der Waals surface area contributed by atoms with Crippen LogP contribution < -0.4 is 11.1 Å². The zero-order valence-corrected chi connectivity index (χ0v) is 12.3. The van der Waals surface area contributed by atoms with Crippen LogP contribution in [-0.2, 0) is 11.8 Å². The number of benzene rings is 1. The summed E-state index contributed by atoms with van der Waals surface area (Å²) in [5, 5.41) is 3.52. The van der Waals surface area contributed by atoms with Crippen LogP contribution in [0.4, 0.5) is 0 Å². The fourth-order valence-electron chi connectivity index (χ4n) is 2.01. The van der Waals surface area contributed by atoms with Gasteiger partial charge in [0.1, 0.15) is 0 Å². The Morgan fingerprint density at radius 3 is 2.33 bits per heavy atom. The Kier molecular flexibility index (Phi) is 5.83. The van der Waals surface area contributed by atoms with Gasteiger partial charge in [-0.1, -0.05) is 52.0 Å². The molecule has 1 unspecified atom stereocenters. The van der Waals surface area contributed by atoms with Gasteiger partial charge in [0, 0.05) is 12.0 Å². The first-order chi connectivity index (χ1) is 8.49. The molecule has 0 heterocycles. The van der Waals surface area contributed by atoms with Crippen LogP contribution in [0.1, 0.15) is 38.8 Å². The molecule has 102 valence electrons. The SMILES string of the molecule is CCc1ccc(C(C)(C)CNCC(C)CN)cc1. The lowest BCUT2D eigenvalue weighted by Gasteiger charge is -2.26. The topological polar surface area (TPSA) is 38.0 Å². The van der Waals surface area contributed by atoms with Gasteiger partial charge in [0.2, 0.25) is 0 Å². The first kappa shape index (κ1) is 15.2. The van der Waals surface area contributed by atoms with Crippen LogP contribution >= 0.6 is 0 Å². The lowest BCUT2D eigenvalue weighted by Crippen LogP contribution is -2.36. The number of nitrogens with two attached hydrogens (primary N) is 1. The maximum absolute atomic E-state index is 5.62. The van der Waals surface area contributed by atoms with Crippen LogP contribution in [0.2, 0.25) is 0 Å². The lowest BCUT2D eigenvalue weighted by molar-refractivity contribution is 0.434. The minimum Gasteiger partial charge on any atom is -0.330 e. The Bertz CT molecular complexity index is 341. The van der Waals surface area contributed by atoms with E-state index in [1.165, 1.54) is 11.1 Å². The second kappa shape index (κ2) is 6.91. The van der Waals surface area contributed by atoms with Crippen LogP contribution in [0.25, 0.3) is 0 Å². The number of hydrogen-bond donors (Lipinski definition) is 2. The zero-order valence-electron chi connectivity index (χ0n) is 12.3. The normalized spacial score (nSPS) is 13.6. The van der Waals surface area contributed by atoms with Gasteiger partial charge in [-0.25, -0.2) is 0 Å². The molecule has 3 N–H and O–H groups in total. The standard InChI is InChI=1S/C16H28N2/c1-5-14-6-8-15(9-7-14)16(3,4)12-18-11-13(2)10-17/h6-9,13,18H,5,10-12,17H2,1-4H3. The summed E-state index contributed by atoms with van der Waals surface area (Å²) in [4.78, 5) is 0. The van der Waals surface area contributed by atoms with Crippen LogP contribution in [0, 0.1) is 5.92 Å². The first-order valence-corrected chi connectivity index (χ1v) is 6.99. The van der Waals surface area contributed by atoms with Crippen molar-refractivity contribution in [3.63, 3.8) is 0 Å². The summed E-state index contributed by atoms with van der Waals surface area (Å²) in [5.74, 6) is 0.545. The van der Waals surface area contributed by atoms with E-state index in [0.29, 0.717) is 5.92 Å². The number of hydrogen-bond acceptors (Lipinski definition) is 2. The second-order valence-corrected chi connectivity index (χ2v) is 5.91. The van der Waals surface area contributed by atoms with Gasteiger partial charge in [-0.15, -0.1) is 0 Å². The van der Waals surface area contributed by atoms with Gasteiger partial charge in [0.25, 0.3) is 0 Å². The third-order valence-corrected chi connectivity index (χ3v) is 3.61. The summed E-state index contributed by atoms with van der Waals surface area (Å²) in [6.45, 7) is 11.7. The van der Waals surface area contributed by atoms with Crippen molar-refractivity contribution in [1.82, 2.24) is 5.32 Å². The summed E-state index contributed by atoms with van der Waals surface area (Å²) in [7, 11) is 0. The molecule has 1 rings (SSSR count). The fraction of sp³-hybridized carbons (Fsp3) is 0.625. The van der Waals surface area contributed by atoms with E-state index in [4.69, 9.17) is 5.73 Å². The van der Waals surface area contributed by atoms with Crippen LogP contribution in [0.5, 0.6) is 0 Å². The molecule has 0 aromatic heterocycles. The van der Waals surface area contributed by atoms with Gasteiger partial charge in [-0.2, -0.15) is 0 Å². The maximum atomic E-state index is 5.62. The van der Waals surface area contributed by atoms with Crippen molar-refractivity contribution < 1.29 is 0 Å². The minimum atomic E-state index is 0.167. The third-order valence-electron chi connectivity index (χ3n) is 3.61. The van der Waals surface area contributed by atoms with Crippen molar-refractivity contribution in [3.8, 4) is 0 Å². The molecule has 0 aliphatic carbocycles. The Labute approximate surface area is 112 Å². The van der Waals surface area contributed by atoms with Crippen molar-refractivity contribution in [3.05, 3.63) is 35.4 Å². The quantitative estimate of drug-likeness (QED) is 0.778. The molecule has 2 heteroatoms. The van der Waals surface area contributed by atoms with Crippen molar-refractivity contribution in [2.75, 3.05) is 19.6 Å². The molecule has 0 spiro atoms. The Balaban J connectivity index is 2.56. The molecule has 0 aliphatic heterocycles. The lowest BCUT2D eigenvalue weighted by atomic mass is 9.84. The van der Waals surface area contributed by atoms with E-state index >= 15 is 0 Å². The number of aryl methyl sites for hydroxylation is 1. The Morgan fingerprint density at radius 1 is 1.22 bits per heavy atom. The molecule has 1 aromatic carbocycles. The molecule has 1 atom stereocenters. The van der Waals surface area contributed by atoms with Gasteiger partial charge in [-0.05, 0) is 36.6 Å². The van der Waals surface area contributed by atoms with Crippen molar-refractivity contribution >= 4 is 0 Å². The fourth-order valence-corrected chi connectivity index (χ4v) is 2.01. The van der Waals surface area contributed by atoms with Crippen LogP contribution in [0.15, 0.2) is 24.3 Å². The van der Waals surface area contributed by atoms with E-state index in [1.54, 1.807) is 0 Å². The van der Waals surface area contributed by atoms with Gasteiger partial charge in [0.15, 0.2) is 0 Å². The highest BCUT2D eigenvalue weighted by Crippen LogP contribution is 2.22. The molecule has 0 saturated carbocycles. The van der Waals surface area contributed by atoms with E-state index in [2.05, 4.69) is 57.3 Å².